The Morgan fingerprint density at radius 3 is 2.69 bits per heavy atom. The molecule has 0 fully saturated rings. The molecule has 0 saturated heterocycles. The molecule has 0 aliphatic carbocycles. The van der Waals surface area contributed by atoms with Gasteiger partial charge in [-0.05, 0) is 44.4 Å². The van der Waals surface area contributed by atoms with E-state index in [1.165, 1.54) is 6.92 Å². The van der Waals surface area contributed by atoms with Gasteiger partial charge in [-0.15, -0.1) is 11.3 Å². The highest BCUT2D eigenvalue weighted by Gasteiger charge is 2.21. The first kappa shape index (κ1) is 17.8. The van der Waals surface area contributed by atoms with Gasteiger partial charge >= 0.3 is 5.97 Å². The Kier molecular flexibility index (Phi) is 5.13. The van der Waals surface area contributed by atoms with Gasteiger partial charge in [0.1, 0.15) is 5.76 Å². The number of carbonyl (C=O) groups excluding carboxylic acids is 2. The number of amides is 1. The van der Waals surface area contributed by atoms with Crippen molar-refractivity contribution in [1.29, 1.82) is 0 Å². The van der Waals surface area contributed by atoms with Crippen LogP contribution in [0.15, 0.2) is 40.2 Å². The first-order valence-electron chi connectivity index (χ1n) is 7.90. The molecule has 8 heteroatoms. The van der Waals surface area contributed by atoms with Crippen LogP contribution in [0.5, 0.6) is 0 Å². The molecule has 0 spiro atoms. The van der Waals surface area contributed by atoms with Gasteiger partial charge in [-0.3, -0.25) is 9.78 Å². The van der Waals surface area contributed by atoms with Crippen molar-refractivity contribution in [2.75, 3.05) is 5.32 Å². The third-order valence-electron chi connectivity index (χ3n) is 3.61. The molecule has 0 aromatic carbocycles. The normalized spacial score (nSPS) is 11.8. The van der Waals surface area contributed by atoms with Gasteiger partial charge in [-0.1, -0.05) is 11.2 Å². The highest BCUT2D eigenvalue weighted by molar-refractivity contribution is 7.13. The molecule has 3 rings (SSSR count). The van der Waals surface area contributed by atoms with Crippen molar-refractivity contribution in [2.24, 2.45) is 0 Å². The van der Waals surface area contributed by atoms with Crippen LogP contribution < -0.4 is 5.32 Å². The van der Waals surface area contributed by atoms with Gasteiger partial charge in [0, 0.05) is 6.07 Å². The molecule has 1 N–H and O–H groups in total. The predicted molar refractivity (Wildman–Crippen MR) is 97.0 cm³/mol. The average molecular weight is 371 g/mol. The van der Waals surface area contributed by atoms with E-state index >= 15 is 0 Å². The predicted octanol–water partition coefficient (Wildman–Crippen LogP) is 3.60. The average Bonchev–Trinajstić information content (AvgIpc) is 3.26. The molecule has 0 bridgehead atoms. The fourth-order valence-electron chi connectivity index (χ4n) is 2.27. The number of thiophene rings is 1. The van der Waals surface area contributed by atoms with Crippen LogP contribution in [0.2, 0.25) is 0 Å². The number of nitrogens with zero attached hydrogens (tertiary/aromatic N) is 2. The van der Waals surface area contributed by atoms with Crippen LogP contribution >= 0.6 is 11.3 Å². The van der Waals surface area contributed by atoms with Crippen LogP contribution in [-0.4, -0.2) is 28.1 Å². The minimum atomic E-state index is -0.990. The maximum absolute atomic E-state index is 12.4. The molecule has 1 amide bonds. The van der Waals surface area contributed by atoms with E-state index < -0.39 is 18.0 Å². The SMILES string of the molecule is Cc1cc(NC(=O)[C@@H](C)OC(=O)c2ccc(-c3cccs3)nc2C)no1. The van der Waals surface area contributed by atoms with Crippen molar-refractivity contribution in [2.45, 2.75) is 26.9 Å². The summed E-state index contributed by atoms with van der Waals surface area (Å²) in [4.78, 5) is 29.9. The highest BCUT2D eigenvalue weighted by Crippen LogP contribution is 2.24. The summed E-state index contributed by atoms with van der Waals surface area (Å²) >= 11 is 1.57. The first-order chi connectivity index (χ1) is 12.4. The summed E-state index contributed by atoms with van der Waals surface area (Å²) in [6.07, 6.45) is -0.990. The summed E-state index contributed by atoms with van der Waals surface area (Å²) in [6.45, 7) is 4.93. The maximum atomic E-state index is 12.4. The Labute approximate surface area is 154 Å². The molecule has 1 atom stereocenters. The molecule has 0 unspecified atom stereocenters. The molecule has 3 aromatic rings. The number of aryl methyl sites for hydroxylation is 2. The van der Waals surface area contributed by atoms with E-state index in [2.05, 4.69) is 15.5 Å². The zero-order valence-electron chi connectivity index (χ0n) is 14.5. The van der Waals surface area contributed by atoms with Gasteiger partial charge in [0.2, 0.25) is 0 Å². The van der Waals surface area contributed by atoms with E-state index in [1.54, 1.807) is 43.4 Å². The topological polar surface area (TPSA) is 94.3 Å². The van der Waals surface area contributed by atoms with Crippen LogP contribution in [0, 0.1) is 13.8 Å². The van der Waals surface area contributed by atoms with Crippen LogP contribution in [0.1, 0.15) is 28.7 Å². The fraction of sp³-hybridized carbons (Fsp3) is 0.222. The number of esters is 1. The molecule has 0 saturated carbocycles. The van der Waals surface area contributed by atoms with Crippen molar-refractivity contribution in [3.8, 4) is 10.6 Å². The summed E-state index contributed by atoms with van der Waals surface area (Å²) in [6, 6.07) is 8.89. The van der Waals surface area contributed by atoms with Gasteiger partial charge in [0.05, 0.1) is 21.8 Å². The lowest BCUT2D eigenvalue weighted by Gasteiger charge is -2.13. The molecule has 0 radical (unpaired) electrons. The molecule has 3 heterocycles. The fourth-order valence-corrected chi connectivity index (χ4v) is 2.96. The zero-order chi connectivity index (χ0) is 18.7. The minimum absolute atomic E-state index is 0.272. The highest BCUT2D eigenvalue weighted by atomic mass is 32.1. The van der Waals surface area contributed by atoms with Gasteiger partial charge in [-0.2, -0.15) is 0 Å². The molecule has 26 heavy (non-hydrogen) atoms. The number of ether oxygens (including phenoxy) is 1. The number of pyridine rings is 1. The third-order valence-corrected chi connectivity index (χ3v) is 4.50. The standard InChI is InChI=1S/C18H17N3O4S/c1-10-9-16(21-25-10)20-17(22)12(3)24-18(23)13-6-7-14(19-11(13)2)15-5-4-8-26-15/h4-9,12H,1-3H3,(H,20,21,22)/t12-/m1/s1. The Bertz CT molecular complexity index is 934. The van der Waals surface area contributed by atoms with E-state index in [0.29, 0.717) is 17.0 Å². The summed E-state index contributed by atoms with van der Waals surface area (Å²) < 4.78 is 10.1. The van der Waals surface area contributed by atoms with Crippen LogP contribution in [0.25, 0.3) is 10.6 Å². The Morgan fingerprint density at radius 2 is 2.08 bits per heavy atom. The van der Waals surface area contributed by atoms with Crippen LogP contribution in [0.3, 0.4) is 0 Å². The second kappa shape index (κ2) is 7.49. The van der Waals surface area contributed by atoms with Gasteiger partial charge in [0.15, 0.2) is 11.9 Å². The second-order valence-electron chi connectivity index (χ2n) is 5.67. The molecule has 7 nitrogen and oxygen atoms in total. The number of hydrogen-bond acceptors (Lipinski definition) is 7. The monoisotopic (exact) mass is 371 g/mol. The summed E-state index contributed by atoms with van der Waals surface area (Å²) in [5.74, 6) is -0.259. The van der Waals surface area contributed by atoms with Crippen molar-refractivity contribution in [3.05, 3.63) is 52.7 Å². The second-order valence-corrected chi connectivity index (χ2v) is 6.61. The summed E-state index contributed by atoms with van der Waals surface area (Å²) in [5.41, 5.74) is 1.66. The van der Waals surface area contributed by atoms with E-state index in [-0.39, 0.29) is 5.82 Å². The molecule has 0 aliphatic rings. The number of carbonyl (C=O) groups is 2. The minimum Gasteiger partial charge on any atom is -0.449 e. The van der Waals surface area contributed by atoms with Crippen molar-refractivity contribution in [3.63, 3.8) is 0 Å². The number of hydrogen-bond donors (Lipinski definition) is 1. The van der Waals surface area contributed by atoms with Crippen LogP contribution in [0.4, 0.5) is 5.82 Å². The molecule has 134 valence electrons. The first-order valence-corrected chi connectivity index (χ1v) is 8.78. The maximum Gasteiger partial charge on any atom is 0.340 e. The smallest absolute Gasteiger partial charge is 0.340 e. The number of rotatable bonds is 5. The van der Waals surface area contributed by atoms with Crippen molar-refractivity contribution in [1.82, 2.24) is 10.1 Å². The Morgan fingerprint density at radius 1 is 1.27 bits per heavy atom. The molecular formula is C18H17N3O4S. The third kappa shape index (κ3) is 3.97. The van der Waals surface area contributed by atoms with E-state index in [9.17, 15) is 9.59 Å². The van der Waals surface area contributed by atoms with Crippen molar-refractivity contribution < 1.29 is 18.8 Å². The quantitative estimate of drug-likeness (QED) is 0.689. The van der Waals surface area contributed by atoms with Crippen molar-refractivity contribution >= 4 is 29.0 Å². The Balaban J connectivity index is 1.66. The van der Waals surface area contributed by atoms with Gasteiger partial charge in [-0.25, -0.2) is 4.79 Å². The van der Waals surface area contributed by atoms with E-state index in [1.807, 2.05) is 17.5 Å². The van der Waals surface area contributed by atoms with E-state index in [4.69, 9.17) is 9.26 Å². The molecule has 0 aliphatic heterocycles. The summed E-state index contributed by atoms with van der Waals surface area (Å²) in [7, 11) is 0. The molecule has 3 aromatic heterocycles. The zero-order valence-corrected chi connectivity index (χ0v) is 15.3. The lowest BCUT2D eigenvalue weighted by molar-refractivity contribution is -0.123. The summed E-state index contributed by atoms with van der Waals surface area (Å²) in [5, 5.41) is 8.16. The van der Waals surface area contributed by atoms with Gasteiger partial charge < -0.3 is 14.6 Å². The van der Waals surface area contributed by atoms with Gasteiger partial charge in [0.25, 0.3) is 5.91 Å². The number of anilines is 1. The number of aromatic nitrogens is 2. The lowest BCUT2D eigenvalue weighted by atomic mass is 10.1. The number of nitrogens with one attached hydrogen (secondary N) is 1. The molecular weight excluding hydrogens is 354 g/mol. The Hall–Kier alpha value is -3.00. The lowest BCUT2D eigenvalue weighted by Crippen LogP contribution is -2.30. The largest absolute Gasteiger partial charge is 0.449 e. The van der Waals surface area contributed by atoms with Crippen LogP contribution in [-0.2, 0) is 9.53 Å². The van der Waals surface area contributed by atoms with E-state index in [0.717, 1.165) is 10.6 Å².